The van der Waals surface area contributed by atoms with Crippen molar-refractivity contribution in [3.8, 4) is 5.75 Å². The number of aryl methyl sites for hydroxylation is 3. The summed E-state index contributed by atoms with van der Waals surface area (Å²) in [6, 6.07) is 5.69. The second kappa shape index (κ2) is 4.45. The number of aromatic nitrogens is 3. The van der Waals surface area contributed by atoms with Gasteiger partial charge in [0.25, 0.3) is 0 Å². The van der Waals surface area contributed by atoms with E-state index < -0.39 is 0 Å². The Balaban J connectivity index is 2.10. The molecule has 0 atom stereocenters. The van der Waals surface area contributed by atoms with Crippen molar-refractivity contribution in [1.82, 2.24) is 14.8 Å². The molecule has 0 aromatic carbocycles. The first-order valence-electron chi connectivity index (χ1n) is 5.41. The largest absolute Gasteiger partial charge is 0.483 e. The monoisotopic (exact) mass is 232 g/mol. The summed E-state index contributed by atoms with van der Waals surface area (Å²) >= 11 is 0. The number of hydrogen-bond donors (Lipinski definition) is 1. The fourth-order valence-electron chi connectivity index (χ4n) is 1.64. The topological polar surface area (TPSA) is 66.0 Å². The average Bonchev–Trinajstić information content (AvgIpc) is 2.56. The van der Waals surface area contributed by atoms with Gasteiger partial charge >= 0.3 is 0 Å². The summed E-state index contributed by atoms with van der Waals surface area (Å²) in [5.74, 6) is 1.03. The highest BCUT2D eigenvalue weighted by atomic mass is 16.5. The van der Waals surface area contributed by atoms with Crippen LogP contribution in [0.3, 0.4) is 0 Å². The van der Waals surface area contributed by atoms with E-state index in [4.69, 9.17) is 10.5 Å². The summed E-state index contributed by atoms with van der Waals surface area (Å²) in [5.41, 5.74) is 8.63. The Morgan fingerprint density at radius 2 is 2.06 bits per heavy atom. The number of hydrogen-bond acceptors (Lipinski definition) is 4. The minimum Gasteiger partial charge on any atom is -0.483 e. The van der Waals surface area contributed by atoms with Crippen LogP contribution in [-0.4, -0.2) is 14.8 Å². The molecule has 0 aliphatic heterocycles. The van der Waals surface area contributed by atoms with E-state index in [0.717, 1.165) is 17.1 Å². The molecule has 5 heteroatoms. The number of rotatable bonds is 3. The van der Waals surface area contributed by atoms with Gasteiger partial charge in [0, 0.05) is 12.7 Å². The van der Waals surface area contributed by atoms with Crippen LogP contribution in [0.1, 0.15) is 17.1 Å². The van der Waals surface area contributed by atoms with Gasteiger partial charge in [-0.15, -0.1) is 0 Å². The highest BCUT2D eigenvalue weighted by Gasteiger charge is 2.05. The van der Waals surface area contributed by atoms with Crippen LogP contribution >= 0.6 is 0 Å². The quantitative estimate of drug-likeness (QED) is 0.872. The number of nitrogen functional groups attached to an aromatic ring is 1. The molecule has 0 aliphatic carbocycles. The van der Waals surface area contributed by atoms with Crippen LogP contribution in [0.15, 0.2) is 18.2 Å². The van der Waals surface area contributed by atoms with E-state index in [2.05, 4.69) is 10.1 Å². The van der Waals surface area contributed by atoms with Crippen LogP contribution in [0.4, 0.5) is 5.82 Å². The van der Waals surface area contributed by atoms with E-state index >= 15 is 0 Å². The van der Waals surface area contributed by atoms with Crippen molar-refractivity contribution in [3.05, 3.63) is 35.3 Å². The highest BCUT2D eigenvalue weighted by molar-refractivity contribution is 5.46. The molecular weight excluding hydrogens is 216 g/mol. The molecule has 0 saturated heterocycles. The minimum atomic E-state index is 0.420. The molecule has 0 saturated carbocycles. The lowest BCUT2D eigenvalue weighted by Crippen LogP contribution is -2.05. The molecule has 5 nitrogen and oxygen atoms in total. The van der Waals surface area contributed by atoms with Gasteiger partial charge in [-0.25, -0.2) is 4.98 Å². The summed E-state index contributed by atoms with van der Waals surface area (Å²) in [6.07, 6.45) is 0. The Bertz CT molecular complexity index is 533. The summed E-state index contributed by atoms with van der Waals surface area (Å²) in [4.78, 5) is 4.14. The molecule has 0 fully saturated rings. The first kappa shape index (κ1) is 11.4. The molecule has 90 valence electrons. The number of ether oxygens (including phenoxy) is 1. The molecule has 0 amide bonds. The van der Waals surface area contributed by atoms with Crippen LogP contribution < -0.4 is 10.5 Å². The number of pyridine rings is 1. The van der Waals surface area contributed by atoms with Crippen molar-refractivity contribution in [2.75, 3.05) is 5.73 Å². The first-order chi connectivity index (χ1) is 8.06. The minimum absolute atomic E-state index is 0.420. The van der Waals surface area contributed by atoms with Gasteiger partial charge in [0.1, 0.15) is 6.61 Å². The summed E-state index contributed by atoms with van der Waals surface area (Å²) in [7, 11) is 1.89. The van der Waals surface area contributed by atoms with E-state index in [9.17, 15) is 0 Å². The Hall–Kier alpha value is -2.04. The number of anilines is 1. The molecule has 0 bridgehead atoms. The molecule has 17 heavy (non-hydrogen) atoms. The standard InChI is InChI=1S/C12H16N4O/c1-8-4-5-11(12(13)14-8)17-7-10-6-9(2)15-16(10)3/h4-6H,7H2,1-3H3,(H2,13,14). The van der Waals surface area contributed by atoms with E-state index in [-0.39, 0.29) is 0 Å². The first-order valence-corrected chi connectivity index (χ1v) is 5.41. The maximum absolute atomic E-state index is 5.77. The molecule has 0 spiro atoms. The van der Waals surface area contributed by atoms with Gasteiger partial charge in [-0.3, -0.25) is 4.68 Å². The second-order valence-electron chi connectivity index (χ2n) is 4.03. The maximum atomic E-state index is 5.77. The summed E-state index contributed by atoms with van der Waals surface area (Å²) in [5, 5.41) is 4.25. The fraction of sp³-hybridized carbons (Fsp3) is 0.333. The van der Waals surface area contributed by atoms with Crippen molar-refractivity contribution in [2.45, 2.75) is 20.5 Å². The lowest BCUT2D eigenvalue weighted by molar-refractivity contribution is 0.295. The molecular formula is C12H16N4O. The third-order valence-corrected chi connectivity index (χ3v) is 2.50. The van der Waals surface area contributed by atoms with Crippen LogP contribution in [0.5, 0.6) is 5.75 Å². The van der Waals surface area contributed by atoms with Gasteiger partial charge in [0.15, 0.2) is 11.6 Å². The molecule has 2 aromatic heterocycles. The van der Waals surface area contributed by atoms with Crippen LogP contribution in [-0.2, 0) is 13.7 Å². The molecule has 0 aliphatic rings. The normalized spacial score (nSPS) is 10.5. The molecule has 0 radical (unpaired) electrons. The zero-order chi connectivity index (χ0) is 12.4. The Morgan fingerprint density at radius 3 is 2.65 bits per heavy atom. The second-order valence-corrected chi connectivity index (χ2v) is 4.03. The van der Waals surface area contributed by atoms with Gasteiger partial charge in [-0.1, -0.05) is 0 Å². The van der Waals surface area contributed by atoms with Crippen LogP contribution in [0.2, 0.25) is 0 Å². The smallest absolute Gasteiger partial charge is 0.166 e. The molecule has 2 N–H and O–H groups in total. The maximum Gasteiger partial charge on any atom is 0.166 e. The number of nitrogens with two attached hydrogens (primary N) is 1. The number of nitrogens with zero attached hydrogens (tertiary/aromatic N) is 3. The third kappa shape index (κ3) is 2.55. The third-order valence-electron chi connectivity index (χ3n) is 2.50. The lowest BCUT2D eigenvalue weighted by atomic mass is 10.3. The lowest BCUT2D eigenvalue weighted by Gasteiger charge is -2.08. The van der Waals surface area contributed by atoms with Crippen molar-refractivity contribution in [3.63, 3.8) is 0 Å². The van der Waals surface area contributed by atoms with E-state index in [1.165, 1.54) is 0 Å². The van der Waals surface area contributed by atoms with E-state index in [1.807, 2.05) is 39.1 Å². The molecule has 2 rings (SSSR count). The predicted molar refractivity (Wildman–Crippen MR) is 65.7 cm³/mol. The van der Waals surface area contributed by atoms with Gasteiger partial charge < -0.3 is 10.5 Å². The molecule has 0 unspecified atom stereocenters. The summed E-state index contributed by atoms with van der Waals surface area (Å²) in [6.45, 7) is 4.28. The van der Waals surface area contributed by atoms with E-state index in [0.29, 0.717) is 18.2 Å². The zero-order valence-electron chi connectivity index (χ0n) is 10.3. The van der Waals surface area contributed by atoms with Gasteiger partial charge in [-0.05, 0) is 32.0 Å². The Kier molecular flexibility index (Phi) is 2.99. The SMILES string of the molecule is Cc1ccc(OCc2cc(C)nn2C)c(N)n1. The summed E-state index contributed by atoms with van der Waals surface area (Å²) < 4.78 is 7.42. The molecule has 2 aromatic rings. The van der Waals surface area contributed by atoms with Crippen molar-refractivity contribution >= 4 is 5.82 Å². The van der Waals surface area contributed by atoms with Crippen molar-refractivity contribution < 1.29 is 4.74 Å². The Labute approximate surface area is 100 Å². The van der Waals surface area contributed by atoms with Crippen molar-refractivity contribution in [2.24, 2.45) is 7.05 Å². The fourth-order valence-corrected chi connectivity index (χ4v) is 1.64. The van der Waals surface area contributed by atoms with Gasteiger partial charge in [-0.2, -0.15) is 5.10 Å². The zero-order valence-corrected chi connectivity index (χ0v) is 10.3. The average molecular weight is 232 g/mol. The van der Waals surface area contributed by atoms with E-state index in [1.54, 1.807) is 4.68 Å². The predicted octanol–water partition coefficient (Wildman–Crippen LogP) is 1.59. The van der Waals surface area contributed by atoms with Crippen molar-refractivity contribution in [1.29, 1.82) is 0 Å². The van der Waals surface area contributed by atoms with Gasteiger partial charge in [0.2, 0.25) is 0 Å². The van der Waals surface area contributed by atoms with Crippen LogP contribution in [0.25, 0.3) is 0 Å². The Morgan fingerprint density at radius 1 is 1.29 bits per heavy atom. The molecule has 2 heterocycles. The highest BCUT2D eigenvalue weighted by Crippen LogP contribution is 2.20. The van der Waals surface area contributed by atoms with Gasteiger partial charge in [0.05, 0.1) is 11.4 Å². The van der Waals surface area contributed by atoms with Crippen LogP contribution in [0, 0.1) is 13.8 Å².